The molecule has 2 atom stereocenters. The summed E-state index contributed by atoms with van der Waals surface area (Å²) in [6.45, 7) is 4.56. The van der Waals surface area contributed by atoms with Gasteiger partial charge in [-0.2, -0.15) is 0 Å². The van der Waals surface area contributed by atoms with Crippen molar-refractivity contribution in [2.24, 2.45) is 11.3 Å². The van der Waals surface area contributed by atoms with Crippen LogP contribution < -0.4 is 10.6 Å². The minimum atomic E-state index is -0.211. The Balaban J connectivity index is 0.00000140. The highest BCUT2D eigenvalue weighted by Gasteiger charge is 2.49. The summed E-state index contributed by atoms with van der Waals surface area (Å²) in [7, 11) is 0. The molecule has 0 spiro atoms. The lowest BCUT2D eigenvalue weighted by atomic mass is 9.67. The Bertz CT molecular complexity index is 652. The van der Waals surface area contributed by atoms with Crippen molar-refractivity contribution < 1.29 is 9.90 Å². The number of anilines is 1. The second-order valence-corrected chi connectivity index (χ2v) is 8.39. The summed E-state index contributed by atoms with van der Waals surface area (Å²) in [5.74, 6) is 0.685. The summed E-state index contributed by atoms with van der Waals surface area (Å²) in [6.07, 6.45) is 6.15. The first-order chi connectivity index (χ1) is 12.7. The number of aliphatic hydroxyl groups is 1. The number of benzene rings is 1. The number of aliphatic hydroxyl groups excluding tert-OH is 1. The van der Waals surface area contributed by atoms with Crippen LogP contribution in [0.3, 0.4) is 0 Å². The molecule has 158 valence electrons. The molecule has 0 bridgehead atoms. The van der Waals surface area contributed by atoms with Crippen molar-refractivity contribution >= 4 is 36.4 Å². The lowest BCUT2D eigenvalue weighted by Gasteiger charge is -2.37. The molecule has 2 aliphatic heterocycles. The van der Waals surface area contributed by atoms with Crippen molar-refractivity contribution in [1.82, 2.24) is 10.2 Å². The Labute approximate surface area is 180 Å². The van der Waals surface area contributed by atoms with E-state index in [-0.39, 0.29) is 42.2 Å². The molecule has 1 saturated carbocycles. The molecular formula is C21H33Cl2N3O2. The quantitative estimate of drug-likeness (QED) is 0.687. The topological polar surface area (TPSA) is 64.6 Å². The predicted molar refractivity (Wildman–Crippen MR) is 117 cm³/mol. The molecule has 0 radical (unpaired) electrons. The number of likely N-dealkylation sites (tertiary alicyclic amines) is 1. The van der Waals surface area contributed by atoms with Gasteiger partial charge in [0.25, 0.3) is 0 Å². The lowest BCUT2D eigenvalue weighted by molar-refractivity contribution is -0.128. The molecule has 28 heavy (non-hydrogen) atoms. The van der Waals surface area contributed by atoms with Gasteiger partial charge >= 0.3 is 0 Å². The predicted octanol–water partition coefficient (Wildman–Crippen LogP) is 3.21. The molecule has 3 N–H and O–H groups in total. The summed E-state index contributed by atoms with van der Waals surface area (Å²) in [5.41, 5.74) is 1.92. The van der Waals surface area contributed by atoms with Gasteiger partial charge in [0.05, 0.1) is 11.5 Å². The Kier molecular flexibility index (Phi) is 8.59. The van der Waals surface area contributed by atoms with E-state index in [0.717, 1.165) is 64.1 Å². The van der Waals surface area contributed by atoms with Crippen LogP contribution in [0.1, 0.15) is 44.1 Å². The maximum atomic E-state index is 13.1. The maximum Gasteiger partial charge on any atom is 0.232 e. The SMILES string of the molecule is Cl.Cl.O=C(Nc1cccc(CN2CCC(O)CC2)c1)[C@@]12CCCC[C@H]1CNC2. The van der Waals surface area contributed by atoms with Gasteiger partial charge in [-0.3, -0.25) is 9.69 Å². The minimum Gasteiger partial charge on any atom is -0.393 e. The molecule has 3 fully saturated rings. The highest BCUT2D eigenvalue weighted by atomic mass is 35.5. The number of hydrogen-bond acceptors (Lipinski definition) is 4. The Morgan fingerprint density at radius 3 is 2.79 bits per heavy atom. The molecule has 1 amide bonds. The van der Waals surface area contributed by atoms with E-state index in [9.17, 15) is 9.90 Å². The van der Waals surface area contributed by atoms with Crippen LogP contribution in [-0.4, -0.2) is 48.2 Å². The summed E-state index contributed by atoms with van der Waals surface area (Å²) < 4.78 is 0. The lowest BCUT2D eigenvalue weighted by Crippen LogP contribution is -2.44. The third-order valence-corrected chi connectivity index (χ3v) is 6.64. The molecule has 1 aromatic rings. The zero-order valence-electron chi connectivity index (χ0n) is 16.4. The largest absolute Gasteiger partial charge is 0.393 e. The van der Waals surface area contributed by atoms with Crippen LogP contribution in [0, 0.1) is 11.3 Å². The highest BCUT2D eigenvalue weighted by molar-refractivity contribution is 5.96. The van der Waals surface area contributed by atoms with E-state index < -0.39 is 0 Å². The smallest absolute Gasteiger partial charge is 0.232 e. The Morgan fingerprint density at radius 1 is 1.21 bits per heavy atom. The van der Waals surface area contributed by atoms with Crippen molar-refractivity contribution in [3.05, 3.63) is 29.8 Å². The van der Waals surface area contributed by atoms with E-state index in [0.29, 0.717) is 5.92 Å². The number of halogens is 2. The molecule has 2 heterocycles. The molecule has 3 aliphatic rings. The number of carbonyl (C=O) groups excluding carboxylic acids is 1. The molecule has 4 rings (SSSR count). The molecule has 5 nitrogen and oxygen atoms in total. The second-order valence-electron chi connectivity index (χ2n) is 8.39. The molecule has 1 aromatic carbocycles. The van der Waals surface area contributed by atoms with Crippen LogP contribution in [-0.2, 0) is 11.3 Å². The summed E-state index contributed by atoms with van der Waals surface area (Å²) >= 11 is 0. The van der Waals surface area contributed by atoms with E-state index in [4.69, 9.17) is 0 Å². The van der Waals surface area contributed by atoms with Crippen molar-refractivity contribution in [3.8, 4) is 0 Å². The van der Waals surface area contributed by atoms with Crippen LogP contribution in [0.25, 0.3) is 0 Å². The van der Waals surface area contributed by atoms with Crippen molar-refractivity contribution in [2.45, 2.75) is 51.2 Å². The van der Waals surface area contributed by atoms with Gasteiger partial charge < -0.3 is 15.7 Å². The first kappa shape index (κ1) is 23.4. The number of piperidine rings is 1. The maximum absolute atomic E-state index is 13.1. The van der Waals surface area contributed by atoms with E-state index in [1.165, 1.54) is 18.4 Å². The number of rotatable bonds is 4. The van der Waals surface area contributed by atoms with Crippen molar-refractivity contribution in [3.63, 3.8) is 0 Å². The van der Waals surface area contributed by atoms with Crippen LogP contribution in [0.5, 0.6) is 0 Å². The summed E-state index contributed by atoms with van der Waals surface area (Å²) in [5, 5.41) is 16.3. The summed E-state index contributed by atoms with van der Waals surface area (Å²) in [4.78, 5) is 15.5. The monoisotopic (exact) mass is 429 g/mol. The average Bonchev–Trinajstić information content (AvgIpc) is 3.09. The van der Waals surface area contributed by atoms with E-state index in [1.807, 2.05) is 12.1 Å². The standard InChI is InChI=1S/C21H31N3O2.2ClH/c25-19-7-10-24(11-8-19)14-16-4-3-6-18(12-16)23-20(26)21-9-2-1-5-17(21)13-22-15-21;;/h3-4,6,12,17,19,22,25H,1-2,5,7-11,13-15H2,(H,23,26);2*1H/t17-,21+;;/m0../s1. The second kappa shape index (κ2) is 10.3. The molecular weight excluding hydrogens is 397 g/mol. The van der Waals surface area contributed by atoms with Gasteiger partial charge in [0, 0.05) is 31.9 Å². The molecule has 7 heteroatoms. The zero-order valence-corrected chi connectivity index (χ0v) is 18.0. The van der Waals surface area contributed by atoms with Gasteiger partial charge in [-0.05, 0) is 55.8 Å². The number of hydrogen-bond donors (Lipinski definition) is 3. The van der Waals surface area contributed by atoms with E-state index >= 15 is 0 Å². The van der Waals surface area contributed by atoms with Gasteiger partial charge in [-0.15, -0.1) is 24.8 Å². The minimum absolute atomic E-state index is 0. The number of nitrogens with one attached hydrogen (secondary N) is 2. The number of nitrogens with zero attached hydrogens (tertiary/aromatic N) is 1. The average molecular weight is 430 g/mol. The third-order valence-electron chi connectivity index (χ3n) is 6.64. The first-order valence-electron chi connectivity index (χ1n) is 10.2. The molecule has 2 saturated heterocycles. The van der Waals surface area contributed by atoms with Crippen LogP contribution >= 0.6 is 24.8 Å². The van der Waals surface area contributed by atoms with Gasteiger partial charge in [-0.1, -0.05) is 25.0 Å². The van der Waals surface area contributed by atoms with E-state index in [1.54, 1.807) is 0 Å². The van der Waals surface area contributed by atoms with Gasteiger partial charge in [0.2, 0.25) is 5.91 Å². The van der Waals surface area contributed by atoms with Gasteiger partial charge in [0.1, 0.15) is 0 Å². The number of amides is 1. The fourth-order valence-corrected chi connectivity index (χ4v) is 5.03. The van der Waals surface area contributed by atoms with Crippen molar-refractivity contribution in [1.29, 1.82) is 0 Å². The molecule has 1 aliphatic carbocycles. The molecule has 0 unspecified atom stereocenters. The van der Waals surface area contributed by atoms with Gasteiger partial charge in [-0.25, -0.2) is 0 Å². The highest BCUT2D eigenvalue weighted by Crippen LogP contribution is 2.44. The van der Waals surface area contributed by atoms with Crippen LogP contribution in [0.15, 0.2) is 24.3 Å². The normalized spacial score (nSPS) is 28.0. The van der Waals surface area contributed by atoms with E-state index in [2.05, 4.69) is 27.7 Å². The van der Waals surface area contributed by atoms with Crippen LogP contribution in [0.4, 0.5) is 5.69 Å². The van der Waals surface area contributed by atoms with Gasteiger partial charge in [0.15, 0.2) is 0 Å². The Hall–Kier alpha value is -0.850. The summed E-state index contributed by atoms with van der Waals surface area (Å²) in [6, 6.07) is 8.27. The number of carbonyl (C=O) groups is 1. The van der Waals surface area contributed by atoms with Crippen molar-refractivity contribution in [2.75, 3.05) is 31.5 Å². The first-order valence-corrected chi connectivity index (χ1v) is 10.2. The fraction of sp³-hybridized carbons (Fsp3) is 0.667. The fourth-order valence-electron chi connectivity index (χ4n) is 5.03. The Morgan fingerprint density at radius 2 is 2.00 bits per heavy atom. The number of fused-ring (bicyclic) bond motifs is 1. The van der Waals surface area contributed by atoms with Crippen LogP contribution in [0.2, 0.25) is 0 Å². The molecule has 0 aromatic heterocycles. The zero-order chi connectivity index (χ0) is 18.0. The third kappa shape index (κ3) is 5.00.